The first kappa shape index (κ1) is 13.6. The Balaban J connectivity index is 2.27. The van der Waals surface area contributed by atoms with Gasteiger partial charge in [-0.05, 0) is 24.8 Å². The normalized spacial score (nSPS) is 23.1. The van der Waals surface area contributed by atoms with Crippen molar-refractivity contribution >= 4 is 17.4 Å². The molecule has 5 nitrogen and oxygen atoms in total. The van der Waals surface area contributed by atoms with Crippen LogP contribution in [-0.4, -0.2) is 24.0 Å². The molecule has 0 aliphatic heterocycles. The van der Waals surface area contributed by atoms with Gasteiger partial charge >= 0.3 is 0 Å². The van der Waals surface area contributed by atoms with E-state index in [9.17, 15) is 4.79 Å². The summed E-state index contributed by atoms with van der Waals surface area (Å²) >= 11 is 0. The van der Waals surface area contributed by atoms with Crippen LogP contribution in [-0.2, 0) is 0 Å². The van der Waals surface area contributed by atoms with Gasteiger partial charge in [-0.15, -0.1) is 0 Å². The Morgan fingerprint density at radius 2 is 2.21 bits per heavy atom. The fourth-order valence-electron chi connectivity index (χ4n) is 2.86. The van der Waals surface area contributed by atoms with E-state index in [2.05, 4.69) is 16.8 Å². The molecular formula is C14H22N4O. The second kappa shape index (κ2) is 5.47. The van der Waals surface area contributed by atoms with E-state index in [-0.39, 0.29) is 0 Å². The summed E-state index contributed by atoms with van der Waals surface area (Å²) in [6.45, 7) is 2.27. The Kier molecular flexibility index (Phi) is 3.93. The molecular weight excluding hydrogens is 240 g/mol. The van der Waals surface area contributed by atoms with Gasteiger partial charge in [0.1, 0.15) is 5.82 Å². The van der Waals surface area contributed by atoms with Crippen molar-refractivity contribution in [3.8, 4) is 0 Å². The highest BCUT2D eigenvalue weighted by Gasteiger charge is 2.25. The number of carbonyl (C=O) groups is 1. The molecule has 1 aliphatic carbocycles. The maximum atomic E-state index is 11.5. The van der Waals surface area contributed by atoms with Gasteiger partial charge in [-0.3, -0.25) is 4.79 Å². The summed E-state index contributed by atoms with van der Waals surface area (Å²) in [5, 5.41) is 0. The van der Waals surface area contributed by atoms with E-state index in [1.165, 1.54) is 12.8 Å². The number of anilines is 2. The molecule has 104 valence electrons. The highest BCUT2D eigenvalue weighted by Crippen LogP contribution is 2.30. The minimum Gasteiger partial charge on any atom is -0.397 e. The fourth-order valence-corrected chi connectivity index (χ4v) is 2.86. The Bertz CT molecular complexity index is 475. The average Bonchev–Trinajstić information content (AvgIpc) is 2.37. The first-order valence-electron chi connectivity index (χ1n) is 6.77. The van der Waals surface area contributed by atoms with Gasteiger partial charge in [0, 0.05) is 13.1 Å². The van der Waals surface area contributed by atoms with Gasteiger partial charge in [-0.1, -0.05) is 19.8 Å². The summed E-state index contributed by atoms with van der Waals surface area (Å²) < 4.78 is 0. The lowest BCUT2D eigenvalue weighted by atomic mass is 9.86. The van der Waals surface area contributed by atoms with Crippen molar-refractivity contribution in [3.05, 3.63) is 17.8 Å². The predicted molar refractivity (Wildman–Crippen MR) is 77.0 cm³/mol. The number of nitrogen functional groups attached to an aromatic ring is 1. The molecule has 1 amide bonds. The topological polar surface area (TPSA) is 85.2 Å². The van der Waals surface area contributed by atoms with Gasteiger partial charge in [-0.2, -0.15) is 0 Å². The van der Waals surface area contributed by atoms with Crippen molar-refractivity contribution < 1.29 is 4.79 Å². The van der Waals surface area contributed by atoms with Crippen LogP contribution >= 0.6 is 0 Å². The molecule has 1 aliphatic rings. The largest absolute Gasteiger partial charge is 0.397 e. The number of hydrogen-bond acceptors (Lipinski definition) is 4. The van der Waals surface area contributed by atoms with Crippen LogP contribution in [0, 0.1) is 5.92 Å². The van der Waals surface area contributed by atoms with Crippen LogP contribution < -0.4 is 16.4 Å². The SMILES string of the molecule is CC1CCCC(N(C)c2ncc(N)cc2C(N)=O)C1. The average molecular weight is 262 g/mol. The number of nitrogens with zero attached hydrogens (tertiary/aromatic N) is 2. The van der Waals surface area contributed by atoms with Crippen molar-refractivity contribution in [2.75, 3.05) is 17.7 Å². The van der Waals surface area contributed by atoms with Crippen molar-refractivity contribution in [1.82, 2.24) is 4.98 Å². The standard InChI is InChI=1S/C14H22N4O/c1-9-4-3-5-11(6-9)18(2)14-12(13(16)19)7-10(15)8-17-14/h7-9,11H,3-6,15H2,1-2H3,(H2,16,19). The lowest BCUT2D eigenvalue weighted by Gasteiger charge is -2.35. The van der Waals surface area contributed by atoms with E-state index in [0.717, 1.165) is 12.8 Å². The fraction of sp³-hybridized carbons (Fsp3) is 0.571. The zero-order chi connectivity index (χ0) is 14.0. The Hall–Kier alpha value is -1.78. The summed E-state index contributed by atoms with van der Waals surface area (Å²) in [5.74, 6) is 0.873. The maximum Gasteiger partial charge on any atom is 0.252 e. The third-order valence-corrected chi connectivity index (χ3v) is 3.94. The van der Waals surface area contributed by atoms with E-state index in [1.54, 1.807) is 12.3 Å². The molecule has 1 heterocycles. The van der Waals surface area contributed by atoms with Crippen LogP contribution in [0.5, 0.6) is 0 Å². The van der Waals surface area contributed by atoms with Crippen LogP contribution in [0.1, 0.15) is 43.0 Å². The van der Waals surface area contributed by atoms with Gasteiger partial charge in [0.25, 0.3) is 5.91 Å². The Morgan fingerprint density at radius 1 is 1.47 bits per heavy atom. The number of aromatic nitrogens is 1. The number of rotatable bonds is 3. The van der Waals surface area contributed by atoms with Crippen LogP contribution in [0.2, 0.25) is 0 Å². The Morgan fingerprint density at radius 3 is 2.84 bits per heavy atom. The predicted octanol–water partition coefficient (Wildman–Crippen LogP) is 1.78. The monoisotopic (exact) mass is 262 g/mol. The van der Waals surface area contributed by atoms with Gasteiger partial charge < -0.3 is 16.4 Å². The van der Waals surface area contributed by atoms with E-state index >= 15 is 0 Å². The summed E-state index contributed by atoms with van der Waals surface area (Å²) in [4.78, 5) is 17.9. The highest BCUT2D eigenvalue weighted by molar-refractivity contribution is 5.98. The van der Waals surface area contributed by atoms with Crippen molar-refractivity contribution in [1.29, 1.82) is 0 Å². The number of primary amides is 1. The van der Waals surface area contributed by atoms with Gasteiger partial charge in [0.2, 0.25) is 0 Å². The van der Waals surface area contributed by atoms with E-state index in [0.29, 0.717) is 29.0 Å². The van der Waals surface area contributed by atoms with Crippen LogP contribution in [0.3, 0.4) is 0 Å². The minimum absolute atomic E-state index is 0.403. The minimum atomic E-state index is -0.481. The van der Waals surface area contributed by atoms with E-state index < -0.39 is 5.91 Å². The molecule has 2 unspecified atom stereocenters. The number of amides is 1. The number of nitrogens with two attached hydrogens (primary N) is 2. The molecule has 1 saturated carbocycles. The molecule has 1 fully saturated rings. The quantitative estimate of drug-likeness (QED) is 0.869. The van der Waals surface area contributed by atoms with Crippen molar-refractivity contribution in [3.63, 3.8) is 0 Å². The molecule has 5 heteroatoms. The second-order valence-electron chi connectivity index (χ2n) is 5.54. The molecule has 1 aromatic rings. The number of hydrogen-bond donors (Lipinski definition) is 2. The molecule has 19 heavy (non-hydrogen) atoms. The first-order valence-corrected chi connectivity index (χ1v) is 6.77. The summed E-state index contributed by atoms with van der Waals surface area (Å²) in [6, 6.07) is 2.02. The lowest BCUT2D eigenvalue weighted by molar-refractivity contribution is 0.100. The Labute approximate surface area is 114 Å². The van der Waals surface area contributed by atoms with Gasteiger partial charge in [0.05, 0.1) is 17.4 Å². The first-order chi connectivity index (χ1) is 8.99. The smallest absolute Gasteiger partial charge is 0.252 e. The third kappa shape index (κ3) is 2.97. The van der Waals surface area contributed by atoms with Crippen molar-refractivity contribution in [2.45, 2.75) is 38.6 Å². The lowest BCUT2D eigenvalue weighted by Crippen LogP contribution is -2.37. The maximum absolute atomic E-state index is 11.5. The number of carbonyl (C=O) groups excluding carboxylic acids is 1. The molecule has 0 bridgehead atoms. The molecule has 0 radical (unpaired) electrons. The zero-order valence-electron chi connectivity index (χ0n) is 11.6. The molecule has 4 N–H and O–H groups in total. The van der Waals surface area contributed by atoms with E-state index in [4.69, 9.17) is 11.5 Å². The molecule has 2 rings (SSSR count). The summed E-state index contributed by atoms with van der Waals surface area (Å²) in [5.41, 5.74) is 12.0. The summed E-state index contributed by atoms with van der Waals surface area (Å²) in [7, 11) is 1.98. The van der Waals surface area contributed by atoms with Crippen LogP contribution in [0.25, 0.3) is 0 Å². The third-order valence-electron chi connectivity index (χ3n) is 3.94. The zero-order valence-corrected chi connectivity index (χ0v) is 11.6. The second-order valence-corrected chi connectivity index (χ2v) is 5.54. The molecule has 0 aromatic carbocycles. The molecule has 0 saturated heterocycles. The number of pyridine rings is 1. The molecule has 0 spiro atoms. The highest BCUT2D eigenvalue weighted by atomic mass is 16.1. The summed E-state index contributed by atoms with van der Waals surface area (Å²) in [6.07, 6.45) is 6.33. The molecule has 2 atom stereocenters. The van der Waals surface area contributed by atoms with Crippen molar-refractivity contribution in [2.24, 2.45) is 11.7 Å². The van der Waals surface area contributed by atoms with Gasteiger partial charge in [0.15, 0.2) is 0 Å². The van der Waals surface area contributed by atoms with Crippen LogP contribution in [0.4, 0.5) is 11.5 Å². The van der Waals surface area contributed by atoms with Gasteiger partial charge in [-0.25, -0.2) is 4.98 Å². The van der Waals surface area contributed by atoms with E-state index in [1.807, 2.05) is 7.05 Å². The van der Waals surface area contributed by atoms with Crippen LogP contribution in [0.15, 0.2) is 12.3 Å². The molecule has 1 aromatic heterocycles.